The number of β-amino-alcohol motifs (C(OH)–C–C–N with tert-alkyl or cyclic N) is 1. The number of aliphatic hydroxyl groups is 1. The van der Waals surface area contributed by atoms with Crippen molar-refractivity contribution in [3.05, 3.63) is 71.9 Å². The summed E-state index contributed by atoms with van der Waals surface area (Å²) in [6.07, 6.45) is 9.93. The molecule has 3 N–H and O–H groups in total. The number of aromatic nitrogens is 3. The average molecular weight is 555 g/mol. The quantitative estimate of drug-likeness (QED) is 0.194. The molecule has 218 valence electrons. The first-order chi connectivity index (χ1) is 20.2. The number of aliphatic hydroxyl groups excluding tert-OH is 1. The molecule has 0 radical (unpaired) electrons. The van der Waals surface area contributed by atoms with Crippen molar-refractivity contribution in [1.29, 1.82) is 0 Å². The number of aryl methyl sites for hydroxylation is 2. The van der Waals surface area contributed by atoms with Crippen molar-refractivity contribution >= 4 is 11.5 Å². The smallest absolute Gasteiger partial charge is 0.166 e. The Hall–Kier alpha value is -3.26. The van der Waals surface area contributed by atoms with E-state index in [4.69, 9.17) is 15.8 Å². The monoisotopic (exact) mass is 554 g/mol. The Balaban J connectivity index is 1.41. The first-order valence-corrected chi connectivity index (χ1v) is 15.5. The molecule has 7 nitrogen and oxygen atoms in total. The van der Waals surface area contributed by atoms with E-state index >= 15 is 0 Å². The highest BCUT2D eigenvalue weighted by Crippen LogP contribution is 2.33. The van der Waals surface area contributed by atoms with Crippen LogP contribution in [0.3, 0.4) is 0 Å². The summed E-state index contributed by atoms with van der Waals surface area (Å²) >= 11 is 0. The zero-order valence-corrected chi connectivity index (χ0v) is 24.6. The molecule has 1 saturated heterocycles. The standard InChI is InChI=1S/C34H46N6O/c1-27-33(29-15-9-7-10-16-29)34-36-31(26-32(40(34)37-27)39-21-19-38(20-22-39)23-24-41)30-17-12-14-28(25-30)13-8-5-3-2-4-6-11-18-35/h7,9-10,12,14-17,25-26,41H,2-6,8,11,13,18-24,35H2,1H3. The molecule has 2 aromatic carbocycles. The molecule has 0 bridgehead atoms. The van der Waals surface area contributed by atoms with Crippen LogP contribution in [-0.2, 0) is 6.42 Å². The Morgan fingerprint density at radius 3 is 2.24 bits per heavy atom. The molecular weight excluding hydrogens is 508 g/mol. The largest absolute Gasteiger partial charge is 0.395 e. The zero-order chi connectivity index (χ0) is 28.4. The van der Waals surface area contributed by atoms with Gasteiger partial charge in [-0.1, -0.05) is 80.6 Å². The number of hydrogen-bond donors (Lipinski definition) is 2. The van der Waals surface area contributed by atoms with Crippen LogP contribution in [0.5, 0.6) is 0 Å². The van der Waals surface area contributed by atoms with E-state index in [-0.39, 0.29) is 6.61 Å². The minimum Gasteiger partial charge on any atom is -0.395 e. The van der Waals surface area contributed by atoms with E-state index in [2.05, 4.69) is 71.3 Å². The summed E-state index contributed by atoms with van der Waals surface area (Å²) in [7, 11) is 0. The molecule has 1 aliphatic heterocycles. The Labute approximate surface area is 245 Å². The lowest BCUT2D eigenvalue weighted by Crippen LogP contribution is -2.47. The molecule has 2 aromatic heterocycles. The van der Waals surface area contributed by atoms with Crippen LogP contribution in [0.2, 0.25) is 0 Å². The molecule has 1 aliphatic rings. The van der Waals surface area contributed by atoms with Gasteiger partial charge in [-0.25, -0.2) is 4.98 Å². The van der Waals surface area contributed by atoms with Gasteiger partial charge in [-0.15, -0.1) is 0 Å². The molecule has 41 heavy (non-hydrogen) atoms. The molecule has 4 aromatic rings. The molecule has 0 saturated carbocycles. The van der Waals surface area contributed by atoms with Crippen molar-refractivity contribution in [2.75, 3.05) is 50.8 Å². The highest BCUT2D eigenvalue weighted by molar-refractivity contribution is 5.83. The minimum absolute atomic E-state index is 0.202. The Morgan fingerprint density at radius 1 is 0.805 bits per heavy atom. The number of rotatable bonds is 14. The lowest BCUT2D eigenvalue weighted by molar-refractivity contribution is 0.188. The summed E-state index contributed by atoms with van der Waals surface area (Å²) in [6.45, 7) is 7.46. The maximum absolute atomic E-state index is 9.41. The van der Waals surface area contributed by atoms with Gasteiger partial charge in [0.1, 0.15) is 5.82 Å². The molecule has 0 unspecified atom stereocenters. The molecule has 0 aliphatic carbocycles. The van der Waals surface area contributed by atoms with Gasteiger partial charge in [-0.3, -0.25) is 4.90 Å². The highest BCUT2D eigenvalue weighted by Gasteiger charge is 2.23. The number of nitrogens with zero attached hydrogens (tertiary/aromatic N) is 5. The second kappa shape index (κ2) is 14.6. The van der Waals surface area contributed by atoms with Crippen molar-refractivity contribution in [2.24, 2.45) is 5.73 Å². The fourth-order valence-corrected chi connectivity index (χ4v) is 6.01. The number of hydrogen-bond acceptors (Lipinski definition) is 6. The number of anilines is 1. The number of benzene rings is 2. The van der Waals surface area contributed by atoms with Gasteiger partial charge in [-0.2, -0.15) is 9.61 Å². The van der Waals surface area contributed by atoms with E-state index in [1.54, 1.807) is 0 Å². The van der Waals surface area contributed by atoms with Gasteiger partial charge in [0, 0.05) is 49.9 Å². The predicted octanol–water partition coefficient (Wildman–Crippen LogP) is 5.72. The predicted molar refractivity (Wildman–Crippen MR) is 169 cm³/mol. The fourth-order valence-electron chi connectivity index (χ4n) is 6.01. The van der Waals surface area contributed by atoms with Crippen LogP contribution < -0.4 is 10.6 Å². The molecule has 0 atom stereocenters. The van der Waals surface area contributed by atoms with Crippen molar-refractivity contribution < 1.29 is 5.11 Å². The maximum Gasteiger partial charge on any atom is 0.166 e. The molecular formula is C34H46N6O. The molecule has 0 spiro atoms. The van der Waals surface area contributed by atoms with Crippen molar-refractivity contribution in [2.45, 2.75) is 58.3 Å². The van der Waals surface area contributed by atoms with Crippen LogP contribution in [0.4, 0.5) is 5.82 Å². The third kappa shape index (κ3) is 7.34. The van der Waals surface area contributed by atoms with Crippen LogP contribution in [0.1, 0.15) is 56.2 Å². The summed E-state index contributed by atoms with van der Waals surface area (Å²) < 4.78 is 2.04. The molecule has 0 amide bonds. The van der Waals surface area contributed by atoms with Crippen LogP contribution in [0.25, 0.3) is 28.0 Å². The zero-order valence-electron chi connectivity index (χ0n) is 24.6. The fraction of sp³-hybridized carbons (Fsp3) is 0.471. The van der Waals surface area contributed by atoms with Crippen LogP contribution >= 0.6 is 0 Å². The normalized spacial score (nSPS) is 14.3. The summed E-state index contributed by atoms with van der Waals surface area (Å²) in [5.41, 5.74) is 13.3. The van der Waals surface area contributed by atoms with Crippen molar-refractivity contribution in [3.8, 4) is 22.4 Å². The topological polar surface area (TPSA) is 82.9 Å². The first-order valence-electron chi connectivity index (χ1n) is 15.5. The van der Waals surface area contributed by atoms with Gasteiger partial charge in [0.15, 0.2) is 5.65 Å². The second-order valence-electron chi connectivity index (χ2n) is 11.3. The average Bonchev–Trinajstić information content (AvgIpc) is 3.35. The SMILES string of the molecule is Cc1nn2c(N3CCN(CCO)CC3)cc(-c3cccc(CCCCCCCCCN)c3)nc2c1-c1ccccc1. The highest BCUT2D eigenvalue weighted by atomic mass is 16.3. The van der Waals surface area contributed by atoms with E-state index in [1.807, 2.05) is 10.6 Å². The van der Waals surface area contributed by atoms with E-state index < -0.39 is 0 Å². The molecule has 5 rings (SSSR count). The maximum atomic E-state index is 9.41. The van der Waals surface area contributed by atoms with E-state index in [1.165, 1.54) is 44.1 Å². The lowest BCUT2D eigenvalue weighted by atomic mass is 10.0. The summed E-state index contributed by atoms with van der Waals surface area (Å²) in [5, 5.41) is 14.4. The van der Waals surface area contributed by atoms with Crippen molar-refractivity contribution in [1.82, 2.24) is 19.5 Å². The van der Waals surface area contributed by atoms with Gasteiger partial charge >= 0.3 is 0 Å². The number of unbranched alkanes of at least 4 members (excludes halogenated alkanes) is 6. The van der Waals surface area contributed by atoms with E-state index in [9.17, 15) is 5.11 Å². The van der Waals surface area contributed by atoms with Gasteiger partial charge in [0.25, 0.3) is 0 Å². The lowest BCUT2D eigenvalue weighted by Gasteiger charge is -2.35. The number of nitrogens with two attached hydrogens (primary N) is 1. The Bertz CT molecular complexity index is 1380. The van der Waals surface area contributed by atoms with Crippen LogP contribution in [0.15, 0.2) is 60.7 Å². The van der Waals surface area contributed by atoms with Gasteiger partial charge in [0.05, 0.1) is 18.0 Å². The summed E-state index contributed by atoms with van der Waals surface area (Å²) in [6, 6.07) is 21.7. The van der Waals surface area contributed by atoms with Gasteiger partial charge in [0.2, 0.25) is 0 Å². The van der Waals surface area contributed by atoms with Gasteiger partial charge in [-0.05, 0) is 49.9 Å². The summed E-state index contributed by atoms with van der Waals surface area (Å²) in [5.74, 6) is 1.08. The number of piperazine rings is 1. The van der Waals surface area contributed by atoms with E-state index in [0.29, 0.717) is 0 Å². The van der Waals surface area contributed by atoms with Crippen LogP contribution in [0, 0.1) is 6.92 Å². The minimum atomic E-state index is 0.202. The third-order valence-corrected chi connectivity index (χ3v) is 8.31. The molecule has 3 heterocycles. The van der Waals surface area contributed by atoms with Crippen LogP contribution in [-0.4, -0.2) is 70.5 Å². The molecule has 7 heteroatoms. The Kier molecular flexibility index (Phi) is 10.4. The molecule has 1 fully saturated rings. The first kappa shape index (κ1) is 29.2. The van der Waals surface area contributed by atoms with E-state index in [0.717, 1.165) is 91.7 Å². The second-order valence-corrected chi connectivity index (χ2v) is 11.3. The van der Waals surface area contributed by atoms with Gasteiger partial charge < -0.3 is 15.7 Å². The summed E-state index contributed by atoms with van der Waals surface area (Å²) in [4.78, 5) is 9.99. The Morgan fingerprint density at radius 2 is 1.51 bits per heavy atom. The third-order valence-electron chi connectivity index (χ3n) is 8.31. The number of fused-ring (bicyclic) bond motifs is 1. The van der Waals surface area contributed by atoms with Crippen molar-refractivity contribution in [3.63, 3.8) is 0 Å².